The molecule has 5 heteroatoms. The summed E-state index contributed by atoms with van der Waals surface area (Å²) in [5.74, 6) is 1.16. The van der Waals surface area contributed by atoms with Gasteiger partial charge in [-0.3, -0.25) is 0 Å². The molecule has 0 aliphatic carbocycles. The molecule has 86 valence electrons. The quantitative estimate of drug-likeness (QED) is 0.799. The van der Waals surface area contributed by atoms with Crippen LogP contribution in [0, 0.1) is 0 Å². The molecule has 2 heterocycles. The van der Waals surface area contributed by atoms with Gasteiger partial charge >= 0.3 is 0 Å². The summed E-state index contributed by atoms with van der Waals surface area (Å²) in [7, 11) is 0. The van der Waals surface area contributed by atoms with Gasteiger partial charge in [0.2, 0.25) is 5.95 Å². The fraction of sp³-hybridized carbons (Fsp3) is 0.250. The molecule has 1 aromatic heterocycles. The second-order valence-corrected chi connectivity index (χ2v) is 3.97. The Morgan fingerprint density at radius 2 is 2.24 bits per heavy atom. The van der Waals surface area contributed by atoms with Crippen molar-refractivity contribution in [2.24, 2.45) is 0 Å². The van der Waals surface area contributed by atoms with E-state index in [1.54, 1.807) is 6.20 Å². The second-order valence-electron chi connectivity index (χ2n) is 3.97. The number of hydrogen-bond donors (Lipinski definition) is 1. The molecule has 0 spiro atoms. The first-order valence-electron chi connectivity index (χ1n) is 5.54. The minimum Gasteiger partial charge on any atom is -0.493 e. The molecule has 1 aliphatic rings. The lowest BCUT2D eigenvalue weighted by molar-refractivity contribution is 0.288. The van der Waals surface area contributed by atoms with Crippen LogP contribution >= 0.6 is 0 Å². The highest BCUT2D eigenvalue weighted by molar-refractivity contribution is 5.62. The summed E-state index contributed by atoms with van der Waals surface area (Å²) >= 11 is 0. The van der Waals surface area contributed by atoms with Gasteiger partial charge < -0.3 is 10.5 Å². The van der Waals surface area contributed by atoms with Crippen LogP contribution in [0.2, 0.25) is 0 Å². The zero-order valence-corrected chi connectivity index (χ0v) is 9.26. The number of nitrogens with zero attached hydrogens (tertiary/aromatic N) is 3. The Morgan fingerprint density at radius 3 is 3.12 bits per heavy atom. The van der Waals surface area contributed by atoms with E-state index in [4.69, 9.17) is 10.5 Å². The molecule has 0 saturated heterocycles. The van der Waals surface area contributed by atoms with E-state index in [-0.39, 0.29) is 5.95 Å². The summed E-state index contributed by atoms with van der Waals surface area (Å²) in [6.07, 6.45) is 3.71. The van der Waals surface area contributed by atoms with Crippen molar-refractivity contribution >= 4 is 5.95 Å². The molecule has 0 fully saturated rings. The third-order valence-corrected chi connectivity index (χ3v) is 2.78. The smallest absolute Gasteiger partial charge is 0.240 e. The summed E-state index contributed by atoms with van der Waals surface area (Å²) in [6, 6.07) is 6.02. The van der Waals surface area contributed by atoms with Gasteiger partial charge in [-0.05, 0) is 36.6 Å². The molecule has 2 aromatic rings. The Morgan fingerprint density at radius 1 is 1.29 bits per heavy atom. The van der Waals surface area contributed by atoms with E-state index in [0.29, 0.717) is 0 Å². The highest BCUT2D eigenvalue weighted by Crippen LogP contribution is 2.29. The number of benzene rings is 1. The summed E-state index contributed by atoms with van der Waals surface area (Å²) in [6.45, 7) is 0.800. The Kier molecular flexibility index (Phi) is 2.36. The number of fused-ring (bicyclic) bond motifs is 1. The number of nitrogens with two attached hydrogens (primary N) is 1. The average Bonchev–Trinajstić information content (AvgIpc) is 2.38. The van der Waals surface area contributed by atoms with Crippen LogP contribution in [0.15, 0.2) is 24.4 Å². The molecular weight excluding hydrogens is 216 g/mol. The molecule has 0 unspecified atom stereocenters. The lowest BCUT2D eigenvalue weighted by Gasteiger charge is -2.17. The first-order valence-corrected chi connectivity index (χ1v) is 5.54. The van der Waals surface area contributed by atoms with Crippen LogP contribution < -0.4 is 10.5 Å². The second kappa shape index (κ2) is 4.01. The van der Waals surface area contributed by atoms with Crippen LogP contribution in [-0.4, -0.2) is 21.8 Å². The Hall–Kier alpha value is -2.17. The molecule has 1 aromatic carbocycles. The van der Waals surface area contributed by atoms with Crippen molar-refractivity contribution < 1.29 is 4.74 Å². The Balaban J connectivity index is 2.04. The molecule has 0 amide bonds. The van der Waals surface area contributed by atoms with Crippen molar-refractivity contribution in [2.75, 3.05) is 12.3 Å². The van der Waals surface area contributed by atoms with Crippen molar-refractivity contribution in [3.05, 3.63) is 30.0 Å². The van der Waals surface area contributed by atoms with Crippen molar-refractivity contribution in [1.29, 1.82) is 0 Å². The van der Waals surface area contributed by atoms with Crippen molar-refractivity contribution in [2.45, 2.75) is 12.8 Å². The van der Waals surface area contributed by atoms with Crippen molar-refractivity contribution in [3.63, 3.8) is 0 Å². The van der Waals surface area contributed by atoms with E-state index < -0.39 is 0 Å². The molecule has 3 rings (SSSR count). The lowest BCUT2D eigenvalue weighted by atomic mass is 10.0. The number of rotatable bonds is 1. The van der Waals surface area contributed by atoms with Gasteiger partial charge in [-0.2, -0.15) is 5.10 Å². The molecule has 0 atom stereocenters. The van der Waals surface area contributed by atoms with Gasteiger partial charge in [-0.15, -0.1) is 5.10 Å². The SMILES string of the molecule is Nc1nncc(-c2ccc3c(c2)CCCO3)n1. The molecule has 0 saturated carbocycles. The number of aromatic nitrogens is 3. The van der Waals surface area contributed by atoms with Gasteiger partial charge in [0.25, 0.3) is 0 Å². The van der Waals surface area contributed by atoms with Crippen LogP contribution in [-0.2, 0) is 6.42 Å². The van der Waals surface area contributed by atoms with E-state index in [9.17, 15) is 0 Å². The maximum absolute atomic E-state index is 5.56. The molecule has 2 N–H and O–H groups in total. The summed E-state index contributed by atoms with van der Waals surface area (Å²) in [4.78, 5) is 4.16. The van der Waals surface area contributed by atoms with E-state index in [0.717, 1.165) is 36.5 Å². The third kappa shape index (κ3) is 1.91. The minimum absolute atomic E-state index is 0.191. The van der Waals surface area contributed by atoms with E-state index in [1.807, 2.05) is 12.1 Å². The van der Waals surface area contributed by atoms with Gasteiger partial charge in [-0.25, -0.2) is 4.98 Å². The number of hydrogen-bond acceptors (Lipinski definition) is 5. The first kappa shape index (κ1) is 10.0. The first-order chi connectivity index (χ1) is 8.33. The molecule has 0 radical (unpaired) electrons. The lowest BCUT2D eigenvalue weighted by Crippen LogP contribution is -2.08. The van der Waals surface area contributed by atoms with Crippen LogP contribution in [0.25, 0.3) is 11.3 Å². The zero-order valence-electron chi connectivity index (χ0n) is 9.26. The largest absolute Gasteiger partial charge is 0.493 e. The topological polar surface area (TPSA) is 73.9 Å². The molecule has 17 heavy (non-hydrogen) atoms. The highest BCUT2D eigenvalue weighted by atomic mass is 16.5. The summed E-state index contributed by atoms with van der Waals surface area (Å²) < 4.78 is 5.56. The van der Waals surface area contributed by atoms with Gasteiger partial charge in [0.05, 0.1) is 18.5 Å². The fourth-order valence-electron chi connectivity index (χ4n) is 1.98. The summed E-state index contributed by atoms with van der Waals surface area (Å²) in [5.41, 5.74) is 8.48. The number of aryl methyl sites for hydroxylation is 1. The van der Waals surface area contributed by atoms with Gasteiger partial charge in [0, 0.05) is 5.56 Å². The minimum atomic E-state index is 0.191. The van der Waals surface area contributed by atoms with Crippen LogP contribution in [0.3, 0.4) is 0 Å². The van der Waals surface area contributed by atoms with Gasteiger partial charge in [0.1, 0.15) is 5.75 Å². The van der Waals surface area contributed by atoms with Crippen molar-refractivity contribution in [3.8, 4) is 17.0 Å². The van der Waals surface area contributed by atoms with Crippen LogP contribution in [0.4, 0.5) is 5.95 Å². The average molecular weight is 228 g/mol. The fourth-order valence-corrected chi connectivity index (χ4v) is 1.98. The summed E-state index contributed by atoms with van der Waals surface area (Å²) in [5, 5.41) is 7.45. The molecule has 1 aliphatic heterocycles. The molecule has 5 nitrogen and oxygen atoms in total. The van der Waals surface area contributed by atoms with E-state index in [2.05, 4.69) is 21.2 Å². The van der Waals surface area contributed by atoms with Crippen molar-refractivity contribution in [1.82, 2.24) is 15.2 Å². The van der Waals surface area contributed by atoms with Gasteiger partial charge in [-0.1, -0.05) is 0 Å². The van der Waals surface area contributed by atoms with Crippen LogP contribution in [0.1, 0.15) is 12.0 Å². The standard InChI is InChI=1S/C12H12N4O/c13-12-15-10(7-14-16-12)8-3-4-11-9(6-8)2-1-5-17-11/h3-4,6-7H,1-2,5H2,(H2,13,15,16). The van der Waals surface area contributed by atoms with Crippen LogP contribution in [0.5, 0.6) is 5.75 Å². The number of nitrogen functional groups attached to an aromatic ring is 1. The highest BCUT2D eigenvalue weighted by Gasteiger charge is 2.11. The predicted molar refractivity (Wildman–Crippen MR) is 63.5 cm³/mol. The van der Waals surface area contributed by atoms with E-state index >= 15 is 0 Å². The monoisotopic (exact) mass is 228 g/mol. The van der Waals surface area contributed by atoms with E-state index in [1.165, 1.54) is 5.56 Å². The number of anilines is 1. The molecular formula is C12H12N4O. The third-order valence-electron chi connectivity index (χ3n) is 2.78. The normalized spacial score (nSPS) is 13.9. The Bertz CT molecular complexity index is 556. The maximum atomic E-state index is 5.56. The Labute approximate surface area is 98.7 Å². The van der Waals surface area contributed by atoms with Gasteiger partial charge in [0.15, 0.2) is 0 Å². The maximum Gasteiger partial charge on any atom is 0.240 e. The zero-order chi connectivity index (χ0) is 11.7. The number of ether oxygens (including phenoxy) is 1. The predicted octanol–water partition coefficient (Wildman–Crippen LogP) is 1.45. The molecule has 0 bridgehead atoms.